The monoisotopic (exact) mass is 696 g/mol. The van der Waals surface area contributed by atoms with E-state index in [1.165, 1.54) is 51.4 Å². The number of aromatic nitrogens is 3. The van der Waals surface area contributed by atoms with Gasteiger partial charge in [0.15, 0.2) is 0 Å². The van der Waals surface area contributed by atoms with Crippen molar-refractivity contribution in [1.82, 2.24) is 25.1 Å². The molecule has 2 aliphatic carbocycles. The number of aryl methyl sites for hydroxylation is 1. The maximum absolute atomic E-state index is 6.87. The van der Waals surface area contributed by atoms with Gasteiger partial charge in [0, 0.05) is 48.4 Å². The molecule has 0 N–H and O–H groups in total. The predicted octanol–water partition coefficient (Wildman–Crippen LogP) is 9.70. The molecule has 0 bridgehead atoms. The summed E-state index contributed by atoms with van der Waals surface area (Å²) in [5, 5.41) is 4.54. The van der Waals surface area contributed by atoms with E-state index in [1.54, 1.807) is 0 Å². The van der Waals surface area contributed by atoms with Crippen LogP contribution in [0.3, 0.4) is 0 Å². The van der Waals surface area contributed by atoms with Crippen molar-refractivity contribution < 1.29 is 9.68 Å². The van der Waals surface area contributed by atoms with Gasteiger partial charge in [-0.3, -0.25) is 14.7 Å². The van der Waals surface area contributed by atoms with Gasteiger partial charge in [-0.1, -0.05) is 71.8 Å². The van der Waals surface area contributed by atoms with Crippen LogP contribution in [-0.2, 0) is 9.68 Å². The molecule has 0 aromatic carbocycles. The Labute approximate surface area is 305 Å². The normalized spacial score (nSPS) is 25.2. The summed E-state index contributed by atoms with van der Waals surface area (Å²) < 4.78 is 0. The molecule has 9 nitrogen and oxygen atoms in total. The third kappa shape index (κ3) is 9.52. The van der Waals surface area contributed by atoms with Gasteiger partial charge in [0.2, 0.25) is 11.9 Å². The van der Waals surface area contributed by atoms with Gasteiger partial charge >= 0.3 is 0 Å². The lowest BCUT2D eigenvalue weighted by Crippen LogP contribution is -2.65. The highest BCUT2D eigenvalue weighted by Crippen LogP contribution is 2.43. The fraction of sp³-hybridized carbons (Fsp3) is 0.878. The summed E-state index contributed by atoms with van der Waals surface area (Å²) >= 11 is 0. The molecule has 0 amide bonds. The fourth-order valence-electron chi connectivity index (χ4n) is 9.57. The Morgan fingerprint density at radius 1 is 0.660 bits per heavy atom. The summed E-state index contributed by atoms with van der Waals surface area (Å²) in [5.74, 6) is 2.44. The van der Waals surface area contributed by atoms with Gasteiger partial charge in [0.1, 0.15) is 5.82 Å². The quantitative estimate of drug-likeness (QED) is 0.189. The topological polar surface area (TPSA) is 70.1 Å². The SMILES string of the molecule is C=C1CC(N(CCCC)c2nc(C)nc(N(CCCC)C3CC(C)(C)N(OC4CCCCC4)C(C)(C)C3)n2)CC(C)(C)N1OC1CCCCC1. The lowest BCUT2D eigenvalue weighted by Gasteiger charge is -2.56. The van der Waals surface area contributed by atoms with Gasteiger partial charge in [-0.2, -0.15) is 20.0 Å². The first-order valence-corrected chi connectivity index (χ1v) is 20.6. The second-order valence-electron chi connectivity index (χ2n) is 18.0. The molecular weight excluding hydrogens is 622 g/mol. The maximum Gasteiger partial charge on any atom is 0.230 e. The maximum atomic E-state index is 6.87. The minimum atomic E-state index is -0.176. The summed E-state index contributed by atoms with van der Waals surface area (Å²) in [5.41, 5.74) is 0.656. The van der Waals surface area contributed by atoms with Crippen molar-refractivity contribution in [2.75, 3.05) is 22.9 Å². The fourth-order valence-corrected chi connectivity index (χ4v) is 9.57. The van der Waals surface area contributed by atoms with Crippen molar-refractivity contribution in [2.45, 2.75) is 219 Å². The van der Waals surface area contributed by atoms with Gasteiger partial charge in [0.05, 0.1) is 17.7 Å². The number of rotatable bonds is 14. The molecule has 2 saturated carbocycles. The lowest BCUT2D eigenvalue weighted by molar-refractivity contribution is -0.310. The molecule has 5 rings (SSSR count). The van der Waals surface area contributed by atoms with Crippen molar-refractivity contribution in [3.05, 3.63) is 18.1 Å². The molecule has 1 aromatic rings. The van der Waals surface area contributed by atoms with Gasteiger partial charge in [-0.05, 0) is 106 Å². The Balaban J connectivity index is 1.40. The molecule has 1 atom stereocenters. The van der Waals surface area contributed by atoms with Gasteiger partial charge in [-0.15, -0.1) is 0 Å². The van der Waals surface area contributed by atoms with E-state index in [9.17, 15) is 0 Å². The highest BCUT2D eigenvalue weighted by Gasteiger charge is 2.49. The zero-order valence-corrected chi connectivity index (χ0v) is 33.6. The summed E-state index contributed by atoms with van der Waals surface area (Å²) in [7, 11) is 0. The third-order valence-electron chi connectivity index (χ3n) is 11.9. The summed E-state index contributed by atoms with van der Waals surface area (Å²) in [6, 6.07) is 0.544. The minimum absolute atomic E-state index is 0.119. The Kier molecular flexibility index (Phi) is 13.2. The molecule has 0 spiro atoms. The minimum Gasteiger partial charge on any atom is -0.338 e. The average molecular weight is 696 g/mol. The molecule has 0 radical (unpaired) electrons. The Hall–Kier alpha value is -1.97. The van der Waals surface area contributed by atoms with E-state index < -0.39 is 0 Å². The zero-order chi connectivity index (χ0) is 36.1. The number of hydroxylamine groups is 4. The first-order valence-electron chi connectivity index (χ1n) is 20.6. The van der Waals surface area contributed by atoms with E-state index in [4.69, 9.17) is 24.6 Å². The van der Waals surface area contributed by atoms with E-state index >= 15 is 0 Å². The first-order chi connectivity index (χ1) is 23.7. The largest absolute Gasteiger partial charge is 0.338 e. The van der Waals surface area contributed by atoms with E-state index in [2.05, 4.69) is 81.9 Å². The smallest absolute Gasteiger partial charge is 0.230 e. The van der Waals surface area contributed by atoms with E-state index in [-0.39, 0.29) is 22.7 Å². The van der Waals surface area contributed by atoms with Gasteiger partial charge in [-0.25, -0.2) is 0 Å². The molecule has 284 valence electrons. The second kappa shape index (κ2) is 16.8. The van der Waals surface area contributed by atoms with Crippen LogP contribution in [0.25, 0.3) is 0 Å². The molecule has 9 heteroatoms. The van der Waals surface area contributed by atoms with Gasteiger partial charge < -0.3 is 9.80 Å². The molecule has 2 aliphatic heterocycles. The molecule has 4 aliphatic rings. The molecule has 2 saturated heterocycles. The summed E-state index contributed by atoms with van der Waals surface area (Å²) in [6.07, 6.45) is 21.3. The van der Waals surface area contributed by atoms with Crippen LogP contribution in [0.4, 0.5) is 11.9 Å². The van der Waals surface area contributed by atoms with E-state index in [1.807, 2.05) is 6.92 Å². The number of nitrogens with zero attached hydrogens (tertiary/aromatic N) is 7. The van der Waals surface area contributed by atoms with Crippen LogP contribution in [-0.4, -0.2) is 79.1 Å². The number of anilines is 2. The van der Waals surface area contributed by atoms with Crippen molar-refractivity contribution >= 4 is 11.9 Å². The third-order valence-corrected chi connectivity index (χ3v) is 11.9. The molecular formula is C41H73N7O2. The van der Waals surface area contributed by atoms with Crippen LogP contribution >= 0.6 is 0 Å². The Bertz CT molecular complexity index is 1220. The van der Waals surface area contributed by atoms with Crippen molar-refractivity contribution in [3.8, 4) is 0 Å². The predicted molar refractivity (Wildman–Crippen MR) is 206 cm³/mol. The highest BCUT2D eigenvalue weighted by atomic mass is 16.7. The van der Waals surface area contributed by atoms with Gasteiger partial charge in [0.25, 0.3) is 0 Å². The van der Waals surface area contributed by atoms with E-state index in [0.29, 0.717) is 18.2 Å². The molecule has 50 heavy (non-hydrogen) atoms. The second-order valence-corrected chi connectivity index (χ2v) is 18.0. The molecule has 1 unspecified atom stereocenters. The van der Waals surface area contributed by atoms with Crippen molar-refractivity contribution in [1.29, 1.82) is 0 Å². The molecule has 3 heterocycles. The number of hydrogen-bond donors (Lipinski definition) is 0. The molecule has 1 aromatic heterocycles. The Morgan fingerprint density at radius 3 is 1.60 bits per heavy atom. The summed E-state index contributed by atoms with van der Waals surface area (Å²) in [4.78, 5) is 34.1. The lowest BCUT2D eigenvalue weighted by atomic mass is 9.78. The van der Waals surface area contributed by atoms with E-state index in [0.717, 1.165) is 101 Å². The van der Waals surface area contributed by atoms with Crippen LogP contribution < -0.4 is 9.80 Å². The molecule has 4 fully saturated rings. The van der Waals surface area contributed by atoms with Crippen LogP contribution in [0.2, 0.25) is 0 Å². The van der Waals surface area contributed by atoms with Crippen LogP contribution in [0.5, 0.6) is 0 Å². The van der Waals surface area contributed by atoms with Crippen molar-refractivity contribution in [2.24, 2.45) is 0 Å². The van der Waals surface area contributed by atoms with Crippen LogP contribution in [0.15, 0.2) is 12.3 Å². The average Bonchev–Trinajstić information content (AvgIpc) is 3.05. The number of unbranched alkanes of at least 4 members (excludes halogenated alkanes) is 2. The zero-order valence-electron chi connectivity index (χ0n) is 33.6. The highest BCUT2D eigenvalue weighted by molar-refractivity contribution is 5.42. The summed E-state index contributed by atoms with van der Waals surface area (Å²) in [6.45, 7) is 27.2. The van der Waals surface area contributed by atoms with Crippen molar-refractivity contribution in [3.63, 3.8) is 0 Å². The number of piperidine rings is 2. The first kappa shape index (κ1) is 39.2. The van der Waals surface area contributed by atoms with Crippen LogP contribution in [0.1, 0.15) is 177 Å². The standard InChI is InChI=1S/C41H73N7O2/c1-11-13-25-45(33-27-31(3)47(39(5,6)28-33)49-35-21-17-15-18-22-35)37-42-32(4)43-38(44-37)46(26-14-12-2)34-29-40(7,8)48(41(9,10)30-34)50-36-23-19-16-20-24-36/h33-36H,3,11-30H2,1-2,4-10H3. The van der Waals surface area contributed by atoms with Crippen LogP contribution in [0, 0.1) is 6.92 Å². The number of hydrogen-bond acceptors (Lipinski definition) is 9. The Morgan fingerprint density at radius 2 is 1.12 bits per heavy atom.